The van der Waals surface area contributed by atoms with Crippen LogP contribution in [-0.4, -0.2) is 11.1 Å². The Bertz CT molecular complexity index is 534. The minimum atomic E-state index is -0.737. The molecule has 0 aromatic heterocycles. The van der Waals surface area contributed by atoms with Gasteiger partial charge in [-0.3, -0.25) is 4.79 Å². The standard InChI is InChI=1S/C18H20O2/c1-14(15-8-4-2-5-9-15)12-17(13-18(19)20)16-10-6-3-7-11-16/h2-11,14,17H,12-13H2,1H3,(H,19,20). The molecule has 1 N–H and O–H groups in total. The predicted molar refractivity (Wildman–Crippen MR) is 80.9 cm³/mol. The number of benzene rings is 2. The second-order valence-electron chi connectivity index (χ2n) is 5.25. The first-order valence-corrected chi connectivity index (χ1v) is 6.98. The first-order chi connectivity index (χ1) is 9.66. The SMILES string of the molecule is CC(CC(CC(=O)O)c1ccccc1)c1ccccc1. The Morgan fingerprint density at radius 3 is 1.95 bits per heavy atom. The molecule has 2 nitrogen and oxygen atoms in total. The van der Waals surface area contributed by atoms with Gasteiger partial charge in [0.25, 0.3) is 0 Å². The van der Waals surface area contributed by atoms with Crippen molar-refractivity contribution in [1.82, 2.24) is 0 Å². The van der Waals surface area contributed by atoms with Crippen LogP contribution < -0.4 is 0 Å². The number of carboxylic acids is 1. The van der Waals surface area contributed by atoms with E-state index in [0.717, 1.165) is 12.0 Å². The Balaban J connectivity index is 2.14. The Kier molecular flexibility index (Phi) is 4.94. The van der Waals surface area contributed by atoms with E-state index in [1.165, 1.54) is 5.56 Å². The molecule has 0 bridgehead atoms. The van der Waals surface area contributed by atoms with E-state index in [2.05, 4.69) is 19.1 Å². The summed E-state index contributed by atoms with van der Waals surface area (Å²) in [6.07, 6.45) is 1.03. The second-order valence-corrected chi connectivity index (χ2v) is 5.25. The average molecular weight is 268 g/mol. The lowest BCUT2D eigenvalue weighted by Gasteiger charge is -2.20. The van der Waals surface area contributed by atoms with Gasteiger partial charge >= 0.3 is 5.97 Å². The van der Waals surface area contributed by atoms with E-state index < -0.39 is 5.97 Å². The molecule has 2 heteroatoms. The van der Waals surface area contributed by atoms with Gasteiger partial charge < -0.3 is 5.11 Å². The van der Waals surface area contributed by atoms with Crippen molar-refractivity contribution in [2.24, 2.45) is 0 Å². The summed E-state index contributed by atoms with van der Waals surface area (Å²) < 4.78 is 0. The van der Waals surface area contributed by atoms with Crippen LogP contribution in [0.1, 0.15) is 42.7 Å². The van der Waals surface area contributed by atoms with Crippen LogP contribution in [0.4, 0.5) is 0 Å². The van der Waals surface area contributed by atoms with Gasteiger partial charge in [-0.05, 0) is 29.4 Å². The lowest BCUT2D eigenvalue weighted by Crippen LogP contribution is -2.09. The minimum Gasteiger partial charge on any atom is -0.481 e. The molecule has 2 unspecified atom stereocenters. The van der Waals surface area contributed by atoms with Crippen molar-refractivity contribution >= 4 is 5.97 Å². The van der Waals surface area contributed by atoms with Crippen LogP contribution in [0, 0.1) is 0 Å². The van der Waals surface area contributed by atoms with E-state index in [4.69, 9.17) is 5.11 Å². The first-order valence-electron chi connectivity index (χ1n) is 6.98. The average Bonchev–Trinajstić information content (AvgIpc) is 2.48. The molecule has 0 amide bonds. The topological polar surface area (TPSA) is 37.3 Å². The summed E-state index contributed by atoms with van der Waals surface area (Å²) in [5.74, 6) is -0.330. The predicted octanol–water partition coefficient (Wildman–Crippen LogP) is 4.44. The van der Waals surface area contributed by atoms with Crippen LogP contribution in [-0.2, 0) is 4.79 Å². The van der Waals surface area contributed by atoms with Gasteiger partial charge in [0.15, 0.2) is 0 Å². The molecule has 0 aliphatic heterocycles. The largest absolute Gasteiger partial charge is 0.481 e. The maximum atomic E-state index is 11.1. The normalized spacial score (nSPS) is 13.7. The second kappa shape index (κ2) is 6.90. The molecule has 0 radical (unpaired) electrons. The lowest BCUT2D eigenvalue weighted by molar-refractivity contribution is -0.137. The quantitative estimate of drug-likeness (QED) is 0.841. The van der Waals surface area contributed by atoms with Crippen molar-refractivity contribution in [2.75, 3.05) is 0 Å². The van der Waals surface area contributed by atoms with E-state index in [1.807, 2.05) is 48.5 Å². The van der Waals surface area contributed by atoms with Gasteiger partial charge in [0.05, 0.1) is 6.42 Å². The van der Waals surface area contributed by atoms with Crippen LogP contribution in [0.5, 0.6) is 0 Å². The van der Waals surface area contributed by atoms with Crippen molar-refractivity contribution in [2.45, 2.75) is 31.6 Å². The van der Waals surface area contributed by atoms with E-state index in [1.54, 1.807) is 0 Å². The number of aliphatic carboxylic acids is 1. The summed E-state index contributed by atoms with van der Waals surface area (Å²) in [7, 11) is 0. The van der Waals surface area contributed by atoms with Crippen molar-refractivity contribution in [3.05, 3.63) is 71.8 Å². The van der Waals surface area contributed by atoms with Crippen molar-refractivity contribution in [3.8, 4) is 0 Å². The van der Waals surface area contributed by atoms with Gasteiger partial charge in [0, 0.05) is 0 Å². The Labute approximate surface area is 120 Å². The number of rotatable bonds is 6. The van der Waals surface area contributed by atoms with Gasteiger partial charge in [-0.1, -0.05) is 67.6 Å². The molecule has 2 aromatic carbocycles. The highest BCUT2D eigenvalue weighted by Gasteiger charge is 2.19. The summed E-state index contributed by atoms with van der Waals surface area (Å²) in [5, 5.41) is 9.13. The van der Waals surface area contributed by atoms with Crippen molar-refractivity contribution in [1.29, 1.82) is 0 Å². The summed E-state index contributed by atoms with van der Waals surface area (Å²) in [6, 6.07) is 20.2. The molecule has 2 aromatic rings. The molecule has 2 rings (SSSR count). The van der Waals surface area contributed by atoms with E-state index in [9.17, 15) is 4.79 Å². The molecule has 0 saturated carbocycles. The van der Waals surface area contributed by atoms with Gasteiger partial charge in [-0.25, -0.2) is 0 Å². The zero-order chi connectivity index (χ0) is 14.4. The summed E-state index contributed by atoms with van der Waals surface area (Å²) in [5.41, 5.74) is 2.37. The zero-order valence-electron chi connectivity index (χ0n) is 11.7. The minimum absolute atomic E-state index is 0.0592. The third-order valence-electron chi connectivity index (χ3n) is 3.70. The lowest BCUT2D eigenvalue weighted by atomic mass is 9.84. The number of hydrogen-bond donors (Lipinski definition) is 1. The van der Waals surface area contributed by atoms with Crippen LogP contribution in [0.2, 0.25) is 0 Å². The molecule has 0 spiro atoms. The number of carbonyl (C=O) groups is 1. The summed E-state index contributed by atoms with van der Waals surface area (Å²) in [4.78, 5) is 11.1. The summed E-state index contributed by atoms with van der Waals surface area (Å²) in [6.45, 7) is 2.16. The highest BCUT2D eigenvalue weighted by molar-refractivity contribution is 5.68. The van der Waals surface area contributed by atoms with Crippen LogP contribution in [0.3, 0.4) is 0 Å². The van der Waals surface area contributed by atoms with E-state index in [0.29, 0.717) is 5.92 Å². The molecule has 0 heterocycles. The fourth-order valence-corrected chi connectivity index (χ4v) is 2.62. The highest BCUT2D eigenvalue weighted by Crippen LogP contribution is 2.31. The zero-order valence-corrected chi connectivity index (χ0v) is 11.7. The molecule has 0 aliphatic carbocycles. The molecule has 20 heavy (non-hydrogen) atoms. The number of hydrogen-bond acceptors (Lipinski definition) is 1. The van der Waals surface area contributed by atoms with Gasteiger partial charge in [0.2, 0.25) is 0 Å². The molecule has 0 fully saturated rings. The van der Waals surface area contributed by atoms with Crippen LogP contribution in [0.25, 0.3) is 0 Å². The van der Waals surface area contributed by atoms with E-state index >= 15 is 0 Å². The van der Waals surface area contributed by atoms with Crippen molar-refractivity contribution < 1.29 is 9.90 Å². The smallest absolute Gasteiger partial charge is 0.303 e. The Hall–Kier alpha value is -2.09. The maximum Gasteiger partial charge on any atom is 0.303 e. The first kappa shape index (κ1) is 14.3. The Morgan fingerprint density at radius 1 is 0.950 bits per heavy atom. The molecule has 0 aliphatic rings. The third-order valence-corrected chi connectivity index (χ3v) is 3.70. The fraction of sp³-hybridized carbons (Fsp3) is 0.278. The van der Waals surface area contributed by atoms with E-state index in [-0.39, 0.29) is 12.3 Å². The van der Waals surface area contributed by atoms with Crippen LogP contribution >= 0.6 is 0 Å². The van der Waals surface area contributed by atoms with Gasteiger partial charge in [-0.2, -0.15) is 0 Å². The third kappa shape index (κ3) is 3.95. The monoisotopic (exact) mass is 268 g/mol. The summed E-state index contributed by atoms with van der Waals surface area (Å²) >= 11 is 0. The number of carboxylic acid groups (broad SMARTS) is 1. The fourth-order valence-electron chi connectivity index (χ4n) is 2.62. The molecule has 104 valence electrons. The van der Waals surface area contributed by atoms with Gasteiger partial charge in [-0.15, -0.1) is 0 Å². The molecule has 0 saturated heterocycles. The maximum absolute atomic E-state index is 11.1. The molecule has 2 atom stereocenters. The Morgan fingerprint density at radius 2 is 1.45 bits per heavy atom. The van der Waals surface area contributed by atoms with Crippen LogP contribution in [0.15, 0.2) is 60.7 Å². The van der Waals surface area contributed by atoms with Gasteiger partial charge in [0.1, 0.15) is 0 Å². The molecular weight excluding hydrogens is 248 g/mol. The highest BCUT2D eigenvalue weighted by atomic mass is 16.4. The molecular formula is C18H20O2. The van der Waals surface area contributed by atoms with Crippen molar-refractivity contribution in [3.63, 3.8) is 0 Å².